The number of aryl methyl sites for hydroxylation is 2. The predicted molar refractivity (Wildman–Crippen MR) is 103 cm³/mol. The summed E-state index contributed by atoms with van der Waals surface area (Å²) in [5, 5.41) is 2.20. The van der Waals surface area contributed by atoms with Gasteiger partial charge in [-0.25, -0.2) is 4.98 Å². The van der Waals surface area contributed by atoms with Gasteiger partial charge in [-0.05, 0) is 62.4 Å². The van der Waals surface area contributed by atoms with Crippen LogP contribution in [0.2, 0.25) is 0 Å². The summed E-state index contributed by atoms with van der Waals surface area (Å²) in [5.41, 5.74) is 3.75. The van der Waals surface area contributed by atoms with Gasteiger partial charge in [0.1, 0.15) is 5.82 Å². The summed E-state index contributed by atoms with van der Waals surface area (Å²) in [4.78, 5) is 13.0. The molecule has 1 aliphatic rings. The van der Waals surface area contributed by atoms with E-state index in [0.29, 0.717) is 6.04 Å². The first kappa shape index (κ1) is 16.5. The lowest BCUT2D eigenvalue weighted by Gasteiger charge is -2.34. The van der Waals surface area contributed by atoms with E-state index in [9.17, 15) is 0 Å². The SMILES string of the molecule is Cc1ccsc1CN1CCCC(n2c(C)cnc2-c2cccnc2)C1. The van der Waals surface area contributed by atoms with Crippen molar-refractivity contribution >= 4 is 11.3 Å². The van der Waals surface area contributed by atoms with Gasteiger partial charge in [-0.3, -0.25) is 9.88 Å². The van der Waals surface area contributed by atoms with Crippen LogP contribution in [0.1, 0.15) is 35.0 Å². The molecule has 1 unspecified atom stereocenters. The molecule has 1 fully saturated rings. The fourth-order valence-electron chi connectivity index (χ4n) is 3.77. The van der Waals surface area contributed by atoms with Crippen LogP contribution in [0, 0.1) is 13.8 Å². The van der Waals surface area contributed by atoms with Gasteiger partial charge >= 0.3 is 0 Å². The maximum Gasteiger partial charge on any atom is 0.141 e. The highest BCUT2D eigenvalue weighted by Gasteiger charge is 2.25. The Bertz CT molecular complexity index is 837. The Morgan fingerprint density at radius 3 is 2.92 bits per heavy atom. The van der Waals surface area contributed by atoms with Gasteiger partial charge in [0.2, 0.25) is 0 Å². The third-order valence-corrected chi connectivity index (χ3v) is 6.09. The summed E-state index contributed by atoms with van der Waals surface area (Å²) in [6, 6.07) is 6.78. The molecule has 5 heteroatoms. The van der Waals surface area contributed by atoms with E-state index >= 15 is 0 Å². The Morgan fingerprint density at radius 1 is 1.24 bits per heavy atom. The molecule has 1 aliphatic heterocycles. The van der Waals surface area contributed by atoms with Gasteiger partial charge in [0.05, 0.1) is 0 Å². The Balaban J connectivity index is 1.58. The Hall–Kier alpha value is -1.98. The highest BCUT2D eigenvalue weighted by Crippen LogP contribution is 2.30. The molecule has 130 valence electrons. The number of hydrogen-bond acceptors (Lipinski definition) is 4. The fraction of sp³-hybridized carbons (Fsp3) is 0.400. The predicted octanol–water partition coefficient (Wildman–Crippen LogP) is 4.46. The lowest BCUT2D eigenvalue weighted by Crippen LogP contribution is -2.36. The normalized spacial score (nSPS) is 18.6. The number of imidazole rings is 1. The molecule has 0 N–H and O–H groups in total. The molecular weight excluding hydrogens is 328 g/mol. The molecule has 0 aliphatic carbocycles. The number of thiophene rings is 1. The van der Waals surface area contributed by atoms with E-state index in [2.05, 4.69) is 50.8 Å². The lowest BCUT2D eigenvalue weighted by atomic mass is 10.0. The maximum atomic E-state index is 4.68. The zero-order chi connectivity index (χ0) is 17.2. The minimum absolute atomic E-state index is 0.478. The monoisotopic (exact) mass is 352 g/mol. The minimum atomic E-state index is 0.478. The van der Waals surface area contributed by atoms with E-state index < -0.39 is 0 Å². The molecule has 0 amide bonds. The molecule has 3 aromatic heterocycles. The molecule has 4 rings (SSSR count). The molecular formula is C20H24N4S. The molecule has 3 aromatic rings. The Kier molecular flexibility index (Phi) is 4.68. The first-order chi connectivity index (χ1) is 12.2. The van der Waals surface area contributed by atoms with Crippen molar-refractivity contribution in [2.45, 2.75) is 39.3 Å². The topological polar surface area (TPSA) is 34.0 Å². The van der Waals surface area contributed by atoms with Crippen LogP contribution >= 0.6 is 11.3 Å². The maximum absolute atomic E-state index is 4.68. The lowest BCUT2D eigenvalue weighted by molar-refractivity contribution is 0.171. The number of rotatable bonds is 4. The molecule has 1 atom stereocenters. The van der Waals surface area contributed by atoms with Crippen LogP contribution in [-0.4, -0.2) is 32.5 Å². The number of aromatic nitrogens is 3. The summed E-state index contributed by atoms with van der Waals surface area (Å²) in [7, 11) is 0. The molecule has 0 bridgehead atoms. The van der Waals surface area contributed by atoms with Crippen LogP contribution in [0.3, 0.4) is 0 Å². The molecule has 0 aromatic carbocycles. The standard InChI is InChI=1S/C20H24N4S/c1-15-7-10-25-19(15)14-23-9-4-6-18(13-23)24-16(2)11-22-20(24)17-5-3-8-21-12-17/h3,5,7-8,10-12,18H,4,6,9,13-14H2,1-2H3. The van der Waals surface area contributed by atoms with E-state index in [4.69, 9.17) is 0 Å². The van der Waals surface area contributed by atoms with Crippen molar-refractivity contribution in [3.05, 3.63) is 58.3 Å². The van der Waals surface area contributed by atoms with Crippen molar-refractivity contribution in [1.82, 2.24) is 19.4 Å². The summed E-state index contributed by atoms with van der Waals surface area (Å²) < 4.78 is 2.42. The van der Waals surface area contributed by atoms with Gasteiger partial charge in [-0.2, -0.15) is 0 Å². The second-order valence-corrected chi connectivity index (χ2v) is 7.89. The van der Waals surface area contributed by atoms with Crippen LogP contribution in [0.5, 0.6) is 0 Å². The van der Waals surface area contributed by atoms with Crippen molar-refractivity contribution < 1.29 is 0 Å². The average Bonchev–Trinajstić information content (AvgIpc) is 3.22. The molecule has 0 radical (unpaired) electrons. The van der Waals surface area contributed by atoms with Crippen molar-refractivity contribution in [3.63, 3.8) is 0 Å². The molecule has 4 nitrogen and oxygen atoms in total. The number of pyridine rings is 1. The number of hydrogen-bond donors (Lipinski definition) is 0. The third-order valence-electron chi connectivity index (χ3n) is 5.08. The van der Waals surface area contributed by atoms with E-state index in [1.165, 1.54) is 35.5 Å². The summed E-state index contributed by atoms with van der Waals surface area (Å²) in [6.45, 7) is 7.71. The Labute approximate surface area is 153 Å². The van der Waals surface area contributed by atoms with Gasteiger partial charge < -0.3 is 4.57 Å². The third kappa shape index (κ3) is 3.39. The summed E-state index contributed by atoms with van der Waals surface area (Å²) in [6.07, 6.45) is 8.16. The largest absolute Gasteiger partial charge is 0.324 e. The van der Waals surface area contributed by atoms with Crippen LogP contribution in [0.25, 0.3) is 11.4 Å². The van der Waals surface area contributed by atoms with Gasteiger partial charge in [-0.15, -0.1) is 11.3 Å². The van der Waals surface area contributed by atoms with E-state index in [1.54, 1.807) is 0 Å². The van der Waals surface area contributed by atoms with Crippen LogP contribution in [0.15, 0.2) is 42.2 Å². The van der Waals surface area contributed by atoms with Gasteiger partial charge in [0.25, 0.3) is 0 Å². The van der Waals surface area contributed by atoms with Crippen molar-refractivity contribution in [2.24, 2.45) is 0 Å². The van der Waals surface area contributed by atoms with Crippen LogP contribution in [0.4, 0.5) is 0 Å². The average molecular weight is 353 g/mol. The highest BCUT2D eigenvalue weighted by molar-refractivity contribution is 7.10. The first-order valence-corrected chi connectivity index (χ1v) is 9.80. The van der Waals surface area contributed by atoms with Crippen molar-refractivity contribution in [2.75, 3.05) is 13.1 Å². The van der Waals surface area contributed by atoms with Crippen LogP contribution in [-0.2, 0) is 6.54 Å². The molecule has 1 saturated heterocycles. The molecule has 25 heavy (non-hydrogen) atoms. The fourth-order valence-corrected chi connectivity index (χ4v) is 4.72. The zero-order valence-corrected chi connectivity index (χ0v) is 15.7. The van der Waals surface area contributed by atoms with Gasteiger partial charge in [0, 0.05) is 53.9 Å². The molecule has 4 heterocycles. The number of piperidine rings is 1. The van der Waals surface area contributed by atoms with E-state index in [1.807, 2.05) is 36.0 Å². The smallest absolute Gasteiger partial charge is 0.141 e. The van der Waals surface area contributed by atoms with Gasteiger partial charge in [0.15, 0.2) is 0 Å². The quantitative estimate of drug-likeness (QED) is 0.695. The van der Waals surface area contributed by atoms with Crippen molar-refractivity contribution in [1.29, 1.82) is 0 Å². The first-order valence-electron chi connectivity index (χ1n) is 8.92. The Morgan fingerprint density at radius 2 is 2.16 bits per heavy atom. The van der Waals surface area contributed by atoms with Crippen LogP contribution < -0.4 is 0 Å². The zero-order valence-electron chi connectivity index (χ0n) is 14.9. The molecule has 0 spiro atoms. The van der Waals surface area contributed by atoms with E-state index in [0.717, 1.165) is 24.5 Å². The second kappa shape index (κ2) is 7.10. The minimum Gasteiger partial charge on any atom is -0.324 e. The second-order valence-electron chi connectivity index (χ2n) is 6.89. The van der Waals surface area contributed by atoms with Gasteiger partial charge in [-0.1, -0.05) is 0 Å². The molecule has 0 saturated carbocycles. The van der Waals surface area contributed by atoms with Crippen molar-refractivity contribution in [3.8, 4) is 11.4 Å². The summed E-state index contributed by atoms with van der Waals surface area (Å²) in [5.74, 6) is 1.05. The highest BCUT2D eigenvalue weighted by atomic mass is 32.1. The van der Waals surface area contributed by atoms with E-state index in [-0.39, 0.29) is 0 Å². The summed E-state index contributed by atoms with van der Waals surface area (Å²) >= 11 is 1.88. The number of nitrogens with zero attached hydrogens (tertiary/aromatic N) is 4. The number of likely N-dealkylation sites (tertiary alicyclic amines) is 1.